The van der Waals surface area contributed by atoms with E-state index in [9.17, 15) is 14.0 Å². The van der Waals surface area contributed by atoms with Gasteiger partial charge in [0.15, 0.2) is 0 Å². The molecule has 0 unspecified atom stereocenters. The van der Waals surface area contributed by atoms with E-state index in [0.29, 0.717) is 35.7 Å². The minimum atomic E-state index is -0.542. The summed E-state index contributed by atoms with van der Waals surface area (Å²) in [6, 6.07) is 11.7. The van der Waals surface area contributed by atoms with Crippen LogP contribution in [-0.4, -0.2) is 33.1 Å². The van der Waals surface area contributed by atoms with Crippen LogP contribution in [0.3, 0.4) is 0 Å². The number of carbonyl (C=O) groups excluding carboxylic acids is 2. The van der Waals surface area contributed by atoms with E-state index in [1.165, 1.54) is 6.07 Å². The van der Waals surface area contributed by atoms with Crippen LogP contribution in [0.1, 0.15) is 39.2 Å². The molecule has 0 bridgehead atoms. The van der Waals surface area contributed by atoms with Crippen LogP contribution >= 0.6 is 0 Å². The summed E-state index contributed by atoms with van der Waals surface area (Å²) in [5.74, 6) is 0.00264. The smallest absolute Gasteiger partial charge is 0.228 e. The average Bonchev–Trinajstić information content (AvgIpc) is 3.50. The zero-order chi connectivity index (χ0) is 26.2. The van der Waals surface area contributed by atoms with Crippen molar-refractivity contribution in [3.63, 3.8) is 0 Å². The summed E-state index contributed by atoms with van der Waals surface area (Å²) in [7, 11) is 0. The molecule has 37 heavy (non-hydrogen) atoms. The highest BCUT2D eigenvalue weighted by Gasteiger charge is 2.22. The molecule has 5 rings (SSSR count). The Bertz CT molecular complexity index is 1490. The summed E-state index contributed by atoms with van der Waals surface area (Å²) in [5, 5.41) is 7.74. The quantitative estimate of drug-likeness (QED) is 0.381. The Morgan fingerprint density at radius 1 is 1.16 bits per heavy atom. The van der Waals surface area contributed by atoms with Crippen molar-refractivity contribution in [1.29, 1.82) is 0 Å². The molecule has 190 valence electrons. The lowest BCUT2D eigenvalue weighted by molar-refractivity contribution is -0.117. The predicted octanol–water partition coefficient (Wildman–Crippen LogP) is 5.43. The van der Waals surface area contributed by atoms with Gasteiger partial charge in [0, 0.05) is 42.5 Å². The number of ether oxygens (including phenoxy) is 1. The van der Waals surface area contributed by atoms with Crippen LogP contribution in [0.4, 0.5) is 15.8 Å². The number of rotatable bonds is 6. The molecule has 9 heteroatoms. The summed E-state index contributed by atoms with van der Waals surface area (Å²) < 4.78 is 22.7. The Hall–Kier alpha value is -4.27. The molecule has 2 aromatic heterocycles. The number of anilines is 2. The third-order valence-electron chi connectivity index (χ3n) is 6.23. The van der Waals surface area contributed by atoms with Crippen LogP contribution in [0.2, 0.25) is 0 Å². The number of hydrogen-bond donors (Lipinski definition) is 1. The van der Waals surface area contributed by atoms with Gasteiger partial charge in [-0.25, -0.2) is 4.39 Å². The summed E-state index contributed by atoms with van der Waals surface area (Å²) in [6.07, 6.45) is 6.18. The molecular weight excluding hydrogens is 473 g/mol. The molecule has 8 nitrogen and oxygen atoms in total. The fraction of sp³-hybridized carbons (Fsp3) is 0.286. The highest BCUT2D eigenvalue weighted by molar-refractivity contribution is 5.98. The van der Waals surface area contributed by atoms with Crippen LogP contribution < -0.4 is 15.0 Å². The van der Waals surface area contributed by atoms with E-state index >= 15 is 0 Å². The van der Waals surface area contributed by atoms with Crippen LogP contribution in [0, 0.1) is 5.82 Å². The first-order valence-corrected chi connectivity index (χ1v) is 12.2. The Labute approximate surface area is 214 Å². The molecular formula is C28H28FN5O3. The highest BCUT2D eigenvalue weighted by atomic mass is 19.1. The molecule has 4 aromatic rings. The first kappa shape index (κ1) is 24.4. The Balaban J connectivity index is 1.31. The number of nitrogens with one attached hydrogen (secondary N) is 1. The molecule has 0 atom stereocenters. The van der Waals surface area contributed by atoms with Crippen molar-refractivity contribution in [2.24, 2.45) is 0 Å². The molecule has 0 spiro atoms. The maximum Gasteiger partial charge on any atom is 0.228 e. The fourth-order valence-corrected chi connectivity index (χ4v) is 4.28. The largest absolute Gasteiger partial charge is 0.456 e. The van der Waals surface area contributed by atoms with Crippen molar-refractivity contribution in [3.8, 4) is 11.5 Å². The maximum atomic E-state index is 14.9. The van der Waals surface area contributed by atoms with E-state index in [2.05, 4.69) is 15.4 Å². The number of nitrogens with zero attached hydrogens (tertiary/aromatic N) is 4. The number of amides is 2. The lowest BCUT2D eigenvalue weighted by atomic mass is 10.1. The first-order chi connectivity index (χ1) is 17.7. The molecule has 1 fully saturated rings. The van der Waals surface area contributed by atoms with Gasteiger partial charge in [0.25, 0.3) is 0 Å². The lowest BCUT2D eigenvalue weighted by Gasteiger charge is -2.18. The normalized spacial score (nSPS) is 13.8. The number of pyridine rings is 1. The van der Waals surface area contributed by atoms with Gasteiger partial charge >= 0.3 is 0 Å². The number of benzene rings is 2. The van der Waals surface area contributed by atoms with E-state index in [0.717, 1.165) is 17.5 Å². The van der Waals surface area contributed by atoms with Crippen LogP contribution in [0.25, 0.3) is 10.9 Å². The Morgan fingerprint density at radius 2 is 2.00 bits per heavy atom. The summed E-state index contributed by atoms with van der Waals surface area (Å²) in [4.78, 5) is 30.8. The molecule has 1 aliphatic heterocycles. The minimum Gasteiger partial charge on any atom is -0.456 e. The van der Waals surface area contributed by atoms with Gasteiger partial charge in [0.2, 0.25) is 11.8 Å². The minimum absolute atomic E-state index is 0.0930. The molecule has 1 saturated heterocycles. The molecule has 0 saturated carbocycles. The molecule has 1 aliphatic rings. The number of carbonyl (C=O) groups is 2. The third-order valence-corrected chi connectivity index (χ3v) is 6.23. The van der Waals surface area contributed by atoms with Crippen molar-refractivity contribution in [2.75, 3.05) is 16.8 Å². The van der Waals surface area contributed by atoms with Crippen LogP contribution in [0.5, 0.6) is 11.5 Å². The van der Waals surface area contributed by atoms with Crippen molar-refractivity contribution < 1.29 is 18.7 Å². The zero-order valence-corrected chi connectivity index (χ0v) is 21.0. The molecule has 2 aromatic carbocycles. The van der Waals surface area contributed by atoms with Crippen LogP contribution in [0.15, 0.2) is 61.1 Å². The standard InChI is InChI=1S/C28H28FN5O3/c1-28(2,3)34-17-19(16-31-34)32-26(35)13-18-6-8-21(15-23(18)29)37-25-10-11-30-24-9-7-20(14-22(24)25)33-12-4-5-27(33)36/h6-11,14-17H,4-5,12-13H2,1-3H3,(H,32,35). The van der Waals surface area contributed by atoms with Crippen LogP contribution in [-0.2, 0) is 21.5 Å². The van der Waals surface area contributed by atoms with Gasteiger partial charge in [-0.3, -0.25) is 19.3 Å². The highest BCUT2D eigenvalue weighted by Crippen LogP contribution is 2.33. The molecule has 0 radical (unpaired) electrons. The SMILES string of the molecule is CC(C)(C)n1cc(NC(=O)Cc2ccc(Oc3ccnc4ccc(N5CCCC5=O)cc34)cc2F)cn1. The molecule has 1 N–H and O–H groups in total. The van der Waals surface area contributed by atoms with Gasteiger partial charge in [-0.2, -0.15) is 5.10 Å². The van der Waals surface area contributed by atoms with E-state index in [1.54, 1.807) is 46.4 Å². The number of aromatic nitrogens is 3. The van der Waals surface area contributed by atoms with Crippen molar-refractivity contribution in [1.82, 2.24) is 14.8 Å². The van der Waals surface area contributed by atoms with Crippen molar-refractivity contribution in [3.05, 3.63) is 72.4 Å². The van der Waals surface area contributed by atoms with E-state index in [-0.39, 0.29) is 29.3 Å². The zero-order valence-electron chi connectivity index (χ0n) is 21.0. The van der Waals surface area contributed by atoms with Gasteiger partial charge in [-0.15, -0.1) is 0 Å². The monoisotopic (exact) mass is 501 g/mol. The third kappa shape index (κ3) is 5.30. The topological polar surface area (TPSA) is 89.4 Å². The maximum absolute atomic E-state index is 14.9. The molecule has 3 heterocycles. The summed E-state index contributed by atoms with van der Waals surface area (Å²) in [6.45, 7) is 6.70. The van der Waals surface area contributed by atoms with Gasteiger partial charge in [-0.1, -0.05) is 6.07 Å². The molecule has 0 aliphatic carbocycles. The van der Waals surface area contributed by atoms with Gasteiger partial charge in [0.1, 0.15) is 17.3 Å². The second-order valence-corrected chi connectivity index (χ2v) is 10.1. The van der Waals surface area contributed by atoms with Crippen molar-refractivity contribution >= 4 is 34.1 Å². The predicted molar refractivity (Wildman–Crippen MR) is 139 cm³/mol. The summed E-state index contributed by atoms with van der Waals surface area (Å²) >= 11 is 0. The summed E-state index contributed by atoms with van der Waals surface area (Å²) in [5.41, 5.74) is 2.09. The second-order valence-electron chi connectivity index (χ2n) is 10.1. The average molecular weight is 502 g/mol. The number of hydrogen-bond acceptors (Lipinski definition) is 5. The molecule has 2 amide bonds. The van der Waals surface area contributed by atoms with E-state index in [4.69, 9.17) is 4.74 Å². The fourth-order valence-electron chi connectivity index (χ4n) is 4.28. The lowest BCUT2D eigenvalue weighted by Crippen LogP contribution is -2.23. The van der Waals surface area contributed by atoms with Gasteiger partial charge in [0.05, 0.1) is 29.4 Å². The first-order valence-electron chi connectivity index (χ1n) is 12.2. The van der Waals surface area contributed by atoms with Gasteiger partial charge < -0.3 is 15.0 Å². The number of fused-ring (bicyclic) bond motifs is 1. The van der Waals surface area contributed by atoms with E-state index in [1.807, 2.05) is 39.0 Å². The van der Waals surface area contributed by atoms with Crippen molar-refractivity contribution in [2.45, 2.75) is 45.6 Å². The number of halogens is 1. The Morgan fingerprint density at radius 3 is 2.70 bits per heavy atom. The van der Waals surface area contributed by atoms with E-state index < -0.39 is 5.82 Å². The Kier molecular flexibility index (Phi) is 6.37. The second kappa shape index (κ2) is 9.65. The van der Waals surface area contributed by atoms with Gasteiger partial charge in [-0.05, 0) is 63.1 Å².